The molecule has 0 aliphatic carbocycles. The number of anilines is 1. The molecule has 6 heteroatoms. The van der Waals surface area contributed by atoms with Crippen molar-refractivity contribution >= 4 is 5.82 Å². The van der Waals surface area contributed by atoms with Crippen LogP contribution in [-0.2, 0) is 5.92 Å². The van der Waals surface area contributed by atoms with Gasteiger partial charge in [-0.05, 0) is 12.1 Å². The number of halogens is 2. The molecular weight excluding hydrogens is 252 g/mol. The van der Waals surface area contributed by atoms with Crippen LogP contribution in [0.2, 0.25) is 0 Å². The van der Waals surface area contributed by atoms with Crippen molar-refractivity contribution in [1.29, 1.82) is 0 Å². The Balaban J connectivity index is 2.39. The number of aromatic nitrogens is 2. The lowest BCUT2D eigenvalue weighted by Gasteiger charge is -2.16. The lowest BCUT2D eigenvalue weighted by Crippen LogP contribution is -2.09. The van der Waals surface area contributed by atoms with Crippen LogP contribution in [0, 0.1) is 0 Å². The molecule has 0 radical (unpaired) electrons. The van der Waals surface area contributed by atoms with E-state index in [1.165, 1.54) is 30.6 Å². The van der Waals surface area contributed by atoms with E-state index in [4.69, 9.17) is 4.74 Å². The summed E-state index contributed by atoms with van der Waals surface area (Å²) in [4.78, 5) is 7.97. The number of hydrogen-bond donors (Lipinski definition) is 1. The lowest BCUT2D eigenvalue weighted by molar-refractivity contribution is 0.0155. The fourth-order valence-electron chi connectivity index (χ4n) is 1.59. The zero-order valence-corrected chi connectivity index (χ0v) is 10.5. The first-order valence-corrected chi connectivity index (χ1v) is 5.66. The molecule has 0 saturated heterocycles. The van der Waals surface area contributed by atoms with E-state index >= 15 is 0 Å². The summed E-state index contributed by atoms with van der Waals surface area (Å²) in [5, 5.41) is 2.79. The number of para-hydroxylation sites is 1. The highest BCUT2D eigenvalue weighted by atomic mass is 19.3. The first-order valence-electron chi connectivity index (χ1n) is 5.66. The predicted molar refractivity (Wildman–Crippen MR) is 67.7 cm³/mol. The highest BCUT2D eigenvalue weighted by Gasteiger charge is 2.28. The first kappa shape index (κ1) is 13.2. The van der Waals surface area contributed by atoms with Crippen LogP contribution in [-0.4, -0.2) is 17.0 Å². The highest BCUT2D eigenvalue weighted by Crippen LogP contribution is 2.36. The Bertz CT molecular complexity index is 570. The van der Waals surface area contributed by atoms with Gasteiger partial charge in [-0.25, -0.2) is 18.7 Å². The SMILES string of the molecule is CNc1nccnc1Oc1ccccc1C(C)(F)F. The van der Waals surface area contributed by atoms with Crippen LogP contribution in [0.5, 0.6) is 11.6 Å². The molecule has 100 valence electrons. The Labute approximate surface area is 109 Å². The van der Waals surface area contributed by atoms with E-state index in [1.807, 2.05) is 0 Å². The third-order valence-electron chi connectivity index (χ3n) is 2.47. The van der Waals surface area contributed by atoms with Crippen molar-refractivity contribution < 1.29 is 13.5 Å². The molecule has 0 saturated carbocycles. The summed E-state index contributed by atoms with van der Waals surface area (Å²) in [5.41, 5.74) is -0.192. The van der Waals surface area contributed by atoms with Gasteiger partial charge < -0.3 is 10.1 Å². The number of nitrogens with one attached hydrogen (secondary N) is 1. The molecule has 1 N–H and O–H groups in total. The molecule has 2 aromatic rings. The van der Waals surface area contributed by atoms with E-state index in [0.29, 0.717) is 5.82 Å². The van der Waals surface area contributed by atoms with E-state index in [0.717, 1.165) is 6.92 Å². The van der Waals surface area contributed by atoms with E-state index in [2.05, 4.69) is 15.3 Å². The number of ether oxygens (including phenoxy) is 1. The molecule has 0 fully saturated rings. The van der Waals surface area contributed by atoms with Gasteiger partial charge in [0, 0.05) is 26.4 Å². The molecular formula is C13H13F2N3O. The van der Waals surface area contributed by atoms with E-state index in [9.17, 15) is 8.78 Å². The van der Waals surface area contributed by atoms with Crippen molar-refractivity contribution in [3.05, 3.63) is 42.2 Å². The minimum Gasteiger partial charge on any atom is -0.435 e. The maximum Gasteiger partial charge on any atom is 0.274 e. The third kappa shape index (κ3) is 2.96. The van der Waals surface area contributed by atoms with Gasteiger partial charge in [-0.1, -0.05) is 12.1 Å². The van der Waals surface area contributed by atoms with E-state index in [-0.39, 0.29) is 17.2 Å². The van der Waals surface area contributed by atoms with Crippen molar-refractivity contribution in [2.75, 3.05) is 12.4 Å². The minimum atomic E-state index is -2.99. The Kier molecular flexibility index (Phi) is 3.59. The first-order chi connectivity index (χ1) is 9.02. The molecule has 1 aromatic carbocycles. The Hall–Kier alpha value is -2.24. The minimum absolute atomic E-state index is 0.0620. The van der Waals surface area contributed by atoms with Gasteiger partial charge in [0.05, 0.1) is 5.56 Å². The fraction of sp³-hybridized carbons (Fsp3) is 0.231. The topological polar surface area (TPSA) is 47.0 Å². The molecule has 4 nitrogen and oxygen atoms in total. The summed E-state index contributed by atoms with van der Waals surface area (Å²) in [5.74, 6) is -2.39. The van der Waals surface area contributed by atoms with Crippen LogP contribution >= 0.6 is 0 Å². The van der Waals surface area contributed by atoms with Crippen LogP contribution in [0.3, 0.4) is 0 Å². The summed E-state index contributed by atoms with van der Waals surface area (Å²) < 4.78 is 32.4. The maximum atomic E-state index is 13.5. The molecule has 0 spiro atoms. The molecule has 0 bridgehead atoms. The standard InChI is InChI=1S/C13H13F2N3O/c1-13(14,15)9-5-3-4-6-10(9)19-12-11(16-2)17-7-8-18-12/h3-8H,1-2H3,(H,16,17). The second-order valence-corrected chi connectivity index (χ2v) is 3.95. The summed E-state index contributed by atoms with van der Waals surface area (Å²) in [6.07, 6.45) is 2.92. The number of rotatable bonds is 4. The van der Waals surface area contributed by atoms with E-state index < -0.39 is 5.92 Å². The number of alkyl halides is 2. The molecule has 1 heterocycles. The molecule has 0 amide bonds. The molecule has 1 aromatic heterocycles. The molecule has 0 atom stereocenters. The number of benzene rings is 1. The fourth-order valence-corrected chi connectivity index (χ4v) is 1.59. The maximum absolute atomic E-state index is 13.5. The molecule has 0 unspecified atom stereocenters. The zero-order chi connectivity index (χ0) is 13.9. The predicted octanol–water partition coefficient (Wildman–Crippen LogP) is 3.42. The van der Waals surface area contributed by atoms with Crippen LogP contribution in [0.25, 0.3) is 0 Å². The van der Waals surface area contributed by atoms with Crippen molar-refractivity contribution in [3.8, 4) is 11.6 Å². The molecule has 2 rings (SSSR count). The van der Waals surface area contributed by atoms with Crippen molar-refractivity contribution in [2.24, 2.45) is 0 Å². The van der Waals surface area contributed by atoms with E-state index in [1.54, 1.807) is 13.1 Å². The smallest absolute Gasteiger partial charge is 0.274 e. The monoisotopic (exact) mass is 265 g/mol. The molecule has 0 aliphatic heterocycles. The van der Waals surface area contributed by atoms with Crippen LogP contribution in [0.1, 0.15) is 12.5 Å². The second-order valence-electron chi connectivity index (χ2n) is 3.95. The van der Waals surface area contributed by atoms with Crippen LogP contribution in [0.15, 0.2) is 36.7 Å². The zero-order valence-electron chi connectivity index (χ0n) is 10.5. The summed E-state index contributed by atoms with van der Waals surface area (Å²) in [7, 11) is 1.65. The normalized spacial score (nSPS) is 11.2. The van der Waals surface area contributed by atoms with Crippen molar-refractivity contribution in [2.45, 2.75) is 12.8 Å². The Morgan fingerprint density at radius 1 is 1.16 bits per heavy atom. The summed E-state index contributed by atoms with van der Waals surface area (Å²) in [6.45, 7) is 0.824. The van der Waals surface area contributed by atoms with Gasteiger partial charge in [0.2, 0.25) is 0 Å². The molecule has 19 heavy (non-hydrogen) atoms. The van der Waals surface area contributed by atoms with Crippen molar-refractivity contribution in [1.82, 2.24) is 9.97 Å². The highest BCUT2D eigenvalue weighted by molar-refractivity contribution is 5.48. The summed E-state index contributed by atoms with van der Waals surface area (Å²) in [6, 6.07) is 5.96. The molecule has 0 aliphatic rings. The van der Waals surface area contributed by atoms with Crippen LogP contribution < -0.4 is 10.1 Å². The third-order valence-corrected chi connectivity index (χ3v) is 2.47. The Morgan fingerprint density at radius 2 is 1.84 bits per heavy atom. The van der Waals surface area contributed by atoms with Gasteiger partial charge in [0.25, 0.3) is 11.8 Å². The Morgan fingerprint density at radius 3 is 2.53 bits per heavy atom. The van der Waals surface area contributed by atoms with Gasteiger partial charge >= 0.3 is 0 Å². The largest absolute Gasteiger partial charge is 0.435 e. The second kappa shape index (κ2) is 5.17. The summed E-state index contributed by atoms with van der Waals surface area (Å²) >= 11 is 0. The number of nitrogens with zero attached hydrogens (tertiary/aromatic N) is 2. The van der Waals surface area contributed by atoms with Gasteiger partial charge in [-0.3, -0.25) is 0 Å². The van der Waals surface area contributed by atoms with Gasteiger partial charge in [-0.15, -0.1) is 0 Å². The van der Waals surface area contributed by atoms with Gasteiger partial charge in [0.15, 0.2) is 5.82 Å². The lowest BCUT2D eigenvalue weighted by atomic mass is 10.1. The average Bonchev–Trinajstić information content (AvgIpc) is 2.39. The van der Waals surface area contributed by atoms with Gasteiger partial charge in [-0.2, -0.15) is 0 Å². The van der Waals surface area contributed by atoms with Crippen molar-refractivity contribution in [3.63, 3.8) is 0 Å². The quantitative estimate of drug-likeness (QED) is 0.920. The van der Waals surface area contributed by atoms with Crippen LogP contribution in [0.4, 0.5) is 14.6 Å². The van der Waals surface area contributed by atoms with Gasteiger partial charge in [0.1, 0.15) is 5.75 Å². The average molecular weight is 265 g/mol. The number of hydrogen-bond acceptors (Lipinski definition) is 4.